The van der Waals surface area contributed by atoms with E-state index in [0.717, 1.165) is 21.2 Å². The lowest BCUT2D eigenvalue weighted by molar-refractivity contribution is -0.151. The third kappa shape index (κ3) is 3.53. The van der Waals surface area contributed by atoms with Crippen molar-refractivity contribution in [3.63, 3.8) is 0 Å². The summed E-state index contributed by atoms with van der Waals surface area (Å²) in [6, 6.07) is 15.8. The zero-order valence-electron chi connectivity index (χ0n) is 11.9. The summed E-state index contributed by atoms with van der Waals surface area (Å²) in [5, 5.41) is 0. The molecule has 0 amide bonds. The highest BCUT2D eigenvalue weighted by Crippen LogP contribution is 2.28. The Labute approximate surface area is 133 Å². The Morgan fingerprint density at radius 3 is 2.00 bits per heavy atom. The van der Waals surface area contributed by atoms with E-state index in [-0.39, 0.29) is 0 Å². The summed E-state index contributed by atoms with van der Waals surface area (Å²) in [7, 11) is 0. The Kier molecular flexibility index (Phi) is 4.50. The SMILES string of the molecule is C#CC(C)(OC(C)=O)c1ccc(-c2ccc(Br)cc2)cc1. The van der Waals surface area contributed by atoms with Gasteiger partial charge in [-0.25, -0.2) is 0 Å². The monoisotopic (exact) mass is 342 g/mol. The molecular formula is C18H15BrO2. The van der Waals surface area contributed by atoms with Gasteiger partial charge in [-0.1, -0.05) is 58.2 Å². The molecule has 0 aromatic heterocycles. The first kappa shape index (κ1) is 15.3. The number of ether oxygens (including phenoxy) is 1. The van der Waals surface area contributed by atoms with Crippen molar-refractivity contribution < 1.29 is 9.53 Å². The molecule has 0 saturated heterocycles. The fraction of sp³-hybridized carbons (Fsp3) is 0.167. The van der Waals surface area contributed by atoms with Gasteiger partial charge in [-0.15, -0.1) is 6.42 Å². The molecular weight excluding hydrogens is 328 g/mol. The second kappa shape index (κ2) is 6.15. The highest BCUT2D eigenvalue weighted by atomic mass is 79.9. The molecule has 0 fully saturated rings. The summed E-state index contributed by atoms with van der Waals surface area (Å²) in [5.74, 6) is 2.15. The zero-order chi connectivity index (χ0) is 15.5. The molecule has 1 atom stereocenters. The van der Waals surface area contributed by atoms with Crippen molar-refractivity contribution in [3.8, 4) is 23.5 Å². The molecule has 3 heteroatoms. The molecule has 2 aromatic carbocycles. The summed E-state index contributed by atoms with van der Waals surface area (Å²) in [6.45, 7) is 3.06. The molecule has 0 aliphatic carbocycles. The number of benzene rings is 2. The van der Waals surface area contributed by atoms with Crippen LogP contribution in [0, 0.1) is 12.3 Å². The molecule has 0 heterocycles. The van der Waals surface area contributed by atoms with Crippen LogP contribution in [0.1, 0.15) is 19.4 Å². The van der Waals surface area contributed by atoms with E-state index in [9.17, 15) is 4.79 Å². The van der Waals surface area contributed by atoms with Crippen LogP contribution < -0.4 is 0 Å². The lowest BCUT2D eigenvalue weighted by Gasteiger charge is -2.24. The van der Waals surface area contributed by atoms with Gasteiger partial charge in [0.05, 0.1) is 0 Å². The van der Waals surface area contributed by atoms with Crippen LogP contribution in [0.4, 0.5) is 0 Å². The number of halogens is 1. The van der Waals surface area contributed by atoms with Crippen molar-refractivity contribution in [1.29, 1.82) is 0 Å². The normalized spacial score (nSPS) is 13.0. The number of carbonyl (C=O) groups excluding carboxylic acids is 1. The van der Waals surface area contributed by atoms with E-state index in [1.165, 1.54) is 6.92 Å². The number of hydrogen-bond acceptors (Lipinski definition) is 2. The van der Waals surface area contributed by atoms with Crippen LogP contribution in [0.5, 0.6) is 0 Å². The van der Waals surface area contributed by atoms with E-state index in [4.69, 9.17) is 11.2 Å². The molecule has 2 rings (SSSR count). The van der Waals surface area contributed by atoms with Crippen LogP contribution in [0.3, 0.4) is 0 Å². The predicted molar refractivity (Wildman–Crippen MR) is 87.5 cm³/mol. The predicted octanol–water partition coefficient (Wildman–Crippen LogP) is 4.53. The minimum Gasteiger partial charge on any atom is -0.442 e. The maximum Gasteiger partial charge on any atom is 0.304 e. The van der Waals surface area contributed by atoms with Crippen LogP contribution in [-0.4, -0.2) is 5.97 Å². The van der Waals surface area contributed by atoms with E-state index in [1.807, 2.05) is 48.5 Å². The maximum absolute atomic E-state index is 11.2. The second-order valence-corrected chi connectivity index (χ2v) is 5.77. The van der Waals surface area contributed by atoms with Gasteiger partial charge in [0.25, 0.3) is 0 Å². The first-order valence-electron chi connectivity index (χ1n) is 6.48. The minimum absolute atomic E-state index is 0.396. The molecule has 0 bridgehead atoms. The Balaban J connectivity index is 2.32. The van der Waals surface area contributed by atoms with Gasteiger partial charge in [0.15, 0.2) is 5.60 Å². The number of rotatable bonds is 3. The molecule has 0 radical (unpaired) electrons. The summed E-state index contributed by atoms with van der Waals surface area (Å²) >= 11 is 3.42. The van der Waals surface area contributed by atoms with Gasteiger partial charge in [-0.05, 0) is 30.2 Å². The third-order valence-electron chi connectivity index (χ3n) is 3.24. The standard InChI is InChI=1S/C18H15BrO2/c1-4-18(3,21-13(2)20)16-9-5-14(6-10-16)15-7-11-17(19)12-8-15/h1,5-12H,2-3H3. The smallest absolute Gasteiger partial charge is 0.304 e. The van der Waals surface area contributed by atoms with Gasteiger partial charge in [-0.2, -0.15) is 0 Å². The topological polar surface area (TPSA) is 26.3 Å². The molecule has 0 saturated carbocycles. The highest BCUT2D eigenvalue weighted by Gasteiger charge is 2.27. The molecule has 0 aliphatic rings. The van der Waals surface area contributed by atoms with Crippen LogP contribution in [-0.2, 0) is 15.1 Å². The van der Waals surface area contributed by atoms with E-state index in [2.05, 4.69) is 21.9 Å². The average Bonchev–Trinajstić information content (AvgIpc) is 2.47. The van der Waals surface area contributed by atoms with Gasteiger partial charge in [0.1, 0.15) is 0 Å². The van der Waals surface area contributed by atoms with Gasteiger partial charge in [0.2, 0.25) is 0 Å². The van der Waals surface area contributed by atoms with E-state index in [1.54, 1.807) is 6.92 Å². The molecule has 2 aromatic rings. The quantitative estimate of drug-likeness (QED) is 0.605. The van der Waals surface area contributed by atoms with Crippen molar-refractivity contribution in [2.75, 3.05) is 0 Å². The lowest BCUT2D eigenvalue weighted by Crippen LogP contribution is -2.26. The molecule has 0 N–H and O–H groups in total. The zero-order valence-corrected chi connectivity index (χ0v) is 13.5. The molecule has 106 valence electrons. The van der Waals surface area contributed by atoms with Gasteiger partial charge >= 0.3 is 5.97 Å². The molecule has 0 spiro atoms. The summed E-state index contributed by atoms with van der Waals surface area (Å²) in [5.41, 5.74) is 1.93. The summed E-state index contributed by atoms with van der Waals surface area (Å²) in [4.78, 5) is 11.2. The number of esters is 1. The van der Waals surface area contributed by atoms with E-state index >= 15 is 0 Å². The highest BCUT2D eigenvalue weighted by molar-refractivity contribution is 9.10. The molecule has 1 unspecified atom stereocenters. The van der Waals surface area contributed by atoms with Crippen molar-refractivity contribution in [2.45, 2.75) is 19.4 Å². The van der Waals surface area contributed by atoms with Gasteiger partial charge in [0, 0.05) is 17.0 Å². The first-order valence-corrected chi connectivity index (χ1v) is 7.28. The van der Waals surface area contributed by atoms with Crippen molar-refractivity contribution in [2.24, 2.45) is 0 Å². The maximum atomic E-state index is 11.2. The Morgan fingerprint density at radius 2 is 1.57 bits per heavy atom. The van der Waals surface area contributed by atoms with Crippen LogP contribution >= 0.6 is 15.9 Å². The largest absolute Gasteiger partial charge is 0.442 e. The second-order valence-electron chi connectivity index (χ2n) is 4.86. The first-order chi connectivity index (χ1) is 9.94. The van der Waals surface area contributed by atoms with Crippen LogP contribution in [0.15, 0.2) is 53.0 Å². The van der Waals surface area contributed by atoms with Crippen molar-refractivity contribution >= 4 is 21.9 Å². The van der Waals surface area contributed by atoms with Gasteiger partial charge < -0.3 is 4.74 Å². The van der Waals surface area contributed by atoms with Crippen molar-refractivity contribution in [3.05, 3.63) is 58.6 Å². The number of hydrogen-bond donors (Lipinski definition) is 0. The lowest BCUT2D eigenvalue weighted by atomic mass is 9.94. The third-order valence-corrected chi connectivity index (χ3v) is 3.77. The summed E-state index contributed by atoms with van der Waals surface area (Å²) < 4.78 is 6.29. The van der Waals surface area contributed by atoms with Crippen LogP contribution in [0.2, 0.25) is 0 Å². The average molecular weight is 343 g/mol. The van der Waals surface area contributed by atoms with E-state index < -0.39 is 11.6 Å². The fourth-order valence-corrected chi connectivity index (χ4v) is 2.35. The van der Waals surface area contributed by atoms with Crippen LogP contribution in [0.25, 0.3) is 11.1 Å². The number of terminal acetylenes is 1. The van der Waals surface area contributed by atoms with Gasteiger partial charge in [-0.3, -0.25) is 4.79 Å². The Bertz CT molecular complexity index is 681. The van der Waals surface area contributed by atoms with Crippen molar-refractivity contribution in [1.82, 2.24) is 0 Å². The Hall–Kier alpha value is -2.05. The fourth-order valence-electron chi connectivity index (χ4n) is 2.08. The molecule has 2 nitrogen and oxygen atoms in total. The minimum atomic E-state index is -1.04. The Morgan fingerprint density at radius 1 is 1.10 bits per heavy atom. The molecule has 21 heavy (non-hydrogen) atoms. The number of carbonyl (C=O) groups is 1. The summed E-state index contributed by atoms with van der Waals surface area (Å²) in [6.07, 6.45) is 5.52. The molecule has 0 aliphatic heterocycles. The van der Waals surface area contributed by atoms with E-state index in [0.29, 0.717) is 0 Å².